The molecule has 11 heteroatoms. The zero-order chi connectivity index (χ0) is 23.4. The number of anilines is 1. The van der Waals surface area contributed by atoms with Gasteiger partial charge in [0, 0.05) is 31.5 Å². The monoisotopic (exact) mass is 488 g/mol. The summed E-state index contributed by atoms with van der Waals surface area (Å²) in [5, 5.41) is 20.5. The second-order valence-electron chi connectivity index (χ2n) is 8.84. The molecule has 6 atom stereocenters. The highest BCUT2D eigenvalue weighted by molar-refractivity contribution is 6.33. The van der Waals surface area contributed by atoms with Crippen molar-refractivity contribution in [3.8, 4) is 17.3 Å². The smallest absolute Gasteiger partial charge is 0.296 e. The number of nitrogens with zero attached hydrogens (tertiary/aromatic N) is 3. The molecule has 6 rings (SSSR count). The highest BCUT2D eigenvalue weighted by Crippen LogP contribution is 2.33. The van der Waals surface area contributed by atoms with Gasteiger partial charge in [0.1, 0.15) is 24.4 Å². The molecule has 34 heavy (non-hydrogen) atoms. The van der Waals surface area contributed by atoms with E-state index in [-0.39, 0.29) is 31.0 Å². The molecule has 3 saturated heterocycles. The van der Waals surface area contributed by atoms with Gasteiger partial charge in [0.15, 0.2) is 11.8 Å². The van der Waals surface area contributed by atoms with Crippen molar-refractivity contribution in [1.82, 2.24) is 15.0 Å². The molecule has 180 valence electrons. The van der Waals surface area contributed by atoms with Crippen molar-refractivity contribution in [1.29, 1.82) is 0 Å². The Labute approximate surface area is 200 Å². The largest absolute Gasteiger partial charge is 0.456 e. The number of aromatic nitrogens is 3. The first-order valence-electron chi connectivity index (χ1n) is 11.2. The van der Waals surface area contributed by atoms with Crippen molar-refractivity contribution < 1.29 is 29.2 Å². The Kier molecular flexibility index (Phi) is 5.59. The number of hydrogen-bond donors (Lipinski definition) is 3. The van der Waals surface area contributed by atoms with E-state index in [0.717, 1.165) is 11.3 Å². The Morgan fingerprint density at radius 3 is 2.59 bits per heavy atom. The quantitative estimate of drug-likeness (QED) is 0.488. The molecular weight excluding hydrogens is 464 g/mol. The molecular formula is C23H25ClN4O6. The molecule has 0 radical (unpaired) electrons. The Morgan fingerprint density at radius 1 is 1.03 bits per heavy atom. The zero-order valence-electron chi connectivity index (χ0n) is 18.4. The van der Waals surface area contributed by atoms with Gasteiger partial charge in [-0.05, 0) is 18.2 Å². The van der Waals surface area contributed by atoms with E-state index in [0.29, 0.717) is 47.6 Å². The van der Waals surface area contributed by atoms with Crippen LogP contribution in [0.25, 0.3) is 22.4 Å². The van der Waals surface area contributed by atoms with E-state index < -0.39 is 12.2 Å². The molecule has 3 aromatic rings. The molecule has 2 aromatic heterocycles. The lowest BCUT2D eigenvalue weighted by Crippen LogP contribution is -2.34. The van der Waals surface area contributed by atoms with Crippen LogP contribution in [-0.4, -0.2) is 95.2 Å². The van der Waals surface area contributed by atoms with Gasteiger partial charge >= 0.3 is 0 Å². The van der Waals surface area contributed by atoms with Crippen LogP contribution in [0.5, 0.6) is 6.01 Å². The first-order chi connectivity index (χ1) is 16.5. The zero-order valence-corrected chi connectivity index (χ0v) is 19.2. The highest BCUT2D eigenvalue weighted by Gasteiger charge is 2.48. The number of rotatable bonds is 5. The molecule has 3 N–H and O–H groups in total. The molecule has 3 aliphatic heterocycles. The Bertz CT molecular complexity index is 1190. The molecule has 0 saturated carbocycles. The SMILES string of the molecule is CO[C@H]1CN(c2ccc(-c3nc4nc(O[C@@H]5CO[C@H]6[C@@H]5OC[C@H]6O)[nH]c4cc3Cl)cc2)C[C@@H]1O. The van der Waals surface area contributed by atoms with Crippen LogP contribution in [0.2, 0.25) is 5.02 Å². The maximum atomic E-state index is 10.1. The molecule has 3 aliphatic rings. The van der Waals surface area contributed by atoms with E-state index in [2.05, 4.69) is 19.9 Å². The second-order valence-corrected chi connectivity index (χ2v) is 9.25. The lowest BCUT2D eigenvalue weighted by atomic mass is 10.1. The summed E-state index contributed by atoms with van der Waals surface area (Å²) in [6, 6.07) is 9.93. The van der Waals surface area contributed by atoms with Crippen molar-refractivity contribution >= 4 is 28.5 Å². The van der Waals surface area contributed by atoms with Gasteiger partial charge < -0.3 is 39.0 Å². The number of β-amino-alcohol motifs (C(OH)–C–C–N with tert-alkyl or cyclic N) is 1. The van der Waals surface area contributed by atoms with Gasteiger partial charge in [-0.2, -0.15) is 4.98 Å². The van der Waals surface area contributed by atoms with E-state index in [1.807, 2.05) is 24.3 Å². The molecule has 10 nitrogen and oxygen atoms in total. The number of nitrogens with one attached hydrogen (secondary N) is 1. The highest BCUT2D eigenvalue weighted by atomic mass is 35.5. The number of aliphatic hydroxyl groups is 2. The predicted molar refractivity (Wildman–Crippen MR) is 123 cm³/mol. The summed E-state index contributed by atoms with van der Waals surface area (Å²) in [4.78, 5) is 14.3. The minimum absolute atomic E-state index is 0.193. The molecule has 5 heterocycles. The first-order valence-corrected chi connectivity index (χ1v) is 11.6. The number of methoxy groups -OCH3 is 1. The van der Waals surface area contributed by atoms with Crippen molar-refractivity contribution in [2.45, 2.75) is 36.6 Å². The fourth-order valence-electron chi connectivity index (χ4n) is 4.87. The molecule has 0 aliphatic carbocycles. The van der Waals surface area contributed by atoms with E-state index in [1.165, 1.54) is 0 Å². The number of hydrogen-bond acceptors (Lipinski definition) is 9. The number of imidazole rings is 1. The van der Waals surface area contributed by atoms with Crippen molar-refractivity contribution in [2.24, 2.45) is 0 Å². The number of pyridine rings is 1. The van der Waals surface area contributed by atoms with Crippen molar-refractivity contribution in [3.05, 3.63) is 35.4 Å². The number of aliphatic hydroxyl groups excluding tert-OH is 2. The number of halogens is 1. The van der Waals surface area contributed by atoms with E-state index >= 15 is 0 Å². The summed E-state index contributed by atoms with van der Waals surface area (Å²) >= 11 is 6.55. The van der Waals surface area contributed by atoms with Gasteiger partial charge in [0.2, 0.25) is 0 Å². The summed E-state index contributed by atoms with van der Waals surface area (Å²) in [5.74, 6) is 0. The van der Waals surface area contributed by atoms with Gasteiger partial charge in [-0.15, -0.1) is 0 Å². The predicted octanol–water partition coefficient (Wildman–Crippen LogP) is 1.38. The molecule has 3 fully saturated rings. The Morgan fingerprint density at radius 2 is 1.82 bits per heavy atom. The van der Waals surface area contributed by atoms with Gasteiger partial charge in [0.05, 0.1) is 35.6 Å². The average molecular weight is 489 g/mol. The fraction of sp³-hybridized carbons (Fsp3) is 0.478. The third-order valence-electron chi connectivity index (χ3n) is 6.70. The van der Waals surface area contributed by atoms with Crippen LogP contribution in [0.4, 0.5) is 5.69 Å². The van der Waals surface area contributed by atoms with Gasteiger partial charge in [-0.25, -0.2) is 4.98 Å². The van der Waals surface area contributed by atoms with Crippen LogP contribution in [0.15, 0.2) is 30.3 Å². The van der Waals surface area contributed by atoms with Crippen LogP contribution < -0.4 is 9.64 Å². The van der Waals surface area contributed by atoms with Gasteiger partial charge in [0.25, 0.3) is 6.01 Å². The summed E-state index contributed by atoms with van der Waals surface area (Å²) in [7, 11) is 1.61. The second kappa shape index (κ2) is 8.63. The van der Waals surface area contributed by atoms with Crippen LogP contribution in [0.1, 0.15) is 0 Å². The van der Waals surface area contributed by atoms with Crippen LogP contribution >= 0.6 is 11.6 Å². The fourth-order valence-corrected chi connectivity index (χ4v) is 5.13. The summed E-state index contributed by atoms with van der Waals surface area (Å²) in [6.45, 7) is 1.71. The number of benzene rings is 1. The number of aromatic amines is 1. The minimum atomic E-state index is -0.638. The Hall–Kier alpha value is -2.47. The summed E-state index contributed by atoms with van der Waals surface area (Å²) in [5.41, 5.74) is 3.59. The number of ether oxygens (including phenoxy) is 4. The Balaban J connectivity index is 1.21. The molecule has 0 amide bonds. The van der Waals surface area contributed by atoms with Crippen molar-refractivity contribution in [2.75, 3.05) is 38.3 Å². The number of fused-ring (bicyclic) bond motifs is 2. The van der Waals surface area contributed by atoms with E-state index in [1.54, 1.807) is 13.2 Å². The van der Waals surface area contributed by atoms with Crippen LogP contribution in [0, 0.1) is 0 Å². The molecule has 0 bridgehead atoms. The topological polar surface area (TPSA) is 122 Å². The number of H-pyrrole nitrogens is 1. The average Bonchev–Trinajstić information content (AvgIpc) is 3.59. The third-order valence-corrected chi connectivity index (χ3v) is 6.98. The lowest BCUT2D eigenvalue weighted by Gasteiger charge is -2.18. The van der Waals surface area contributed by atoms with Gasteiger partial charge in [-0.1, -0.05) is 23.7 Å². The van der Waals surface area contributed by atoms with E-state index in [9.17, 15) is 10.2 Å². The first kappa shape index (κ1) is 22.0. The summed E-state index contributed by atoms with van der Waals surface area (Å²) < 4.78 is 22.5. The van der Waals surface area contributed by atoms with Crippen LogP contribution in [0.3, 0.4) is 0 Å². The summed E-state index contributed by atoms with van der Waals surface area (Å²) in [6.07, 6.45) is -2.41. The maximum absolute atomic E-state index is 10.1. The van der Waals surface area contributed by atoms with E-state index in [4.69, 9.17) is 30.5 Å². The lowest BCUT2D eigenvalue weighted by molar-refractivity contribution is 0.00706. The third kappa shape index (κ3) is 3.80. The molecule has 0 spiro atoms. The van der Waals surface area contributed by atoms with Crippen LogP contribution in [-0.2, 0) is 14.2 Å². The molecule has 0 unspecified atom stereocenters. The van der Waals surface area contributed by atoms with Crippen molar-refractivity contribution in [3.63, 3.8) is 0 Å². The molecule has 1 aromatic carbocycles. The van der Waals surface area contributed by atoms with Gasteiger partial charge in [-0.3, -0.25) is 0 Å². The minimum Gasteiger partial charge on any atom is -0.456 e. The normalized spacial score (nSPS) is 30.9. The standard InChI is InChI=1S/C23H25ClN4O6/c1-31-17-8-28(7-15(17)29)12-4-2-11(3-5-12)19-13(24)6-14-22(26-19)27-23(25-14)34-18-10-33-20-16(30)9-32-21(18)20/h2-6,15-18,20-21,29-30H,7-10H2,1H3,(H,25,26,27)/t15-,16+,17-,18+,20+,21+/m0/s1. The maximum Gasteiger partial charge on any atom is 0.296 e.